The summed E-state index contributed by atoms with van der Waals surface area (Å²) in [5.74, 6) is -4.33. The number of nitrogens with zero attached hydrogens (tertiary/aromatic N) is 6. The van der Waals surface area contributed by atoms with Crippen LogP contribution < -0.4 is 0 Å². The van der Waals surface area contributed by atoms with Gasteiger partial charge in [0.05, 0.1) is 83.1 Å². The minimum absolute atomic E-state index is 0.0481. The minimum Gasteiger partial charge on any atom is -0.291 e. The molecule has 5 heterocycles. The van der Waals surface area contributed by atoms with Crippen LogP contribution in [0.2, 0.25) is 0 Å². The third kappa shape index (κ3) is 9.08. The van der Waals surface area contributed by atoms with Crippen LogP contribution in [0, 0.1) is 6.92 Å². The zero-order valence-corrected chi connectivity index (χ0v) is 43.0. The van der Waals surface area contributed by atoms with Crippen molar-refractivity contribution in [1.29, 1.82) is 0 Å². The molecule has 87 heavy (non-hydrogen) atoms. The predicted molar refractivity (Wildman–Crippen MR) is 279 cm³/mol. The van der Waals surface area contributed by atoms with Crippen LogP contribution in [0.1, 0.15) is 44.5 Å². The van der Waals surface area contributed by atoms with Crippen molar-refractivity contribution in [3.8, 4) is 23.3 Å². The van der Waals surface area contributed by atoms with Crippen molar-refractivity contribution in [2.24, 2.45) is 0 Å². The Morgan fingerprint density at radius 3 is 0.529 bits per heavy atom. The van der Waals surface area contributed by atoms with Gasteiger partial charge in [-0.05, 0) is 103 Å². The van der Waals surface area contributed by atoms with Crippen molar-refractivity contribution >= 4 is 87.2 Å². The smallest absolute Gasteiger partial charge is 0.291 e. The Bertz CT molecular complexity index is 4860. The van der Waals surface area contributed by atoms with E-state index in [1.165, 1.54) is 25.1 Å². The van der Waals surface area contributed by atoms with E-state index in [-0.39, 0.29) is 48.6 Å². The largest absolute Gasteiger partial charge is 0.416 e. The number of halogens is 21. The van der Waals surface area contributed by atoms with Gasteiger partial charge >= 0.3 is 43.2 Å². The van der Waals surface area contributed by atoms with Crippen molar-refractivity contribution < 1.29 is 92.2 Å². The lowest BCUT2D eigenvalue weighted by molar-refractivity contribution is -0.138. The molecular formula is C60H27F21N6. The van der Waals surface area contributed by atoms with Crippen LogP contribution in [0.25, 0.3) is 110 Å². The average molecular weight is 1230 g/mol. The summed E-state index contributed by atoms with van der Waals surface area (Å²) in [6.07, 6.45) is -36.9. The summed E-state index contributed by atoms with van der Waals surface area (Å²) in [5.41, 5.74) is -15.3. The number of hydrogen-bond acceptors (Lipinski definition) is 2. The zero-order valence-electron chi connectivity index (χ0n) is 43.0. The second-order valence-electron chi connectivity index (χ2n) is 20.5. The van der Waals surface area contributed by atoms with Crippen molar-refractivity contribution in [1.82, 2.24) is 28.2 Å². The maximum atomic E-state index is 15.0. The molecule has 5 aromatic heterocycles. The van der Waals surface area contributed by atoms with Crippen molar-refractivity contribution in [2.75, 3.05) is 0 Å². The highest BCUT2D eigenvalue weighted by molar-refractivity contribution is 6.14. The molecule has 444 valence electrons. The maximum absolute atomic E-state index is 15.0. The standard InChI is InChI=1S/C60H27F21N6/c1-26-2-10-34-35-11-3-27(54(61,62)63)19-43(35)84(42(34)18-26)50-51(85-44-20-28(55(64,65)66)4-12-36(44)37-13-5-29(21-45(37)85)56(67,68)69)83-53(87-48-24-32(59(76,77)78)8-16-40(48)41-17-9-33(25-49(41)87)60(79,80)81)52(82-50)86-46-22-30(57(70,71)72)6-14-38(46)39-15-7-31(23-47(39)86)58(73,74)75/h2-25H,1H3. The van der Waals surface area contributed by atoms with E-state index in [0.717, 1.165) is 47.0 Å². The lowest BCUT2D eigenvalue weighted by Crippen LogP contribution is -2.17. The normalized spacial score (nSPS) is 13.6. The van der Waals surface area contributed by atoms with Gasteiger partial charge in [0, 0.05) is 43.1 Å². The van der Waals surface area contributed by atoms with E-state index in [4.69, 9.17) is 9.97 Å². The zero-order chi connectivity index (χ0) is 62.4. The molecule has 0 N–H and O–H groups in total. The van der Waals surface area contributed by atoms with Crippen LogP contribution in [-0.4, -0.2) is 28.2 Å². The molecule has 0 radical (unpaired) electrons. The molecule has 0 fully saturated rings. The van der Waals surface area contributed by atoms with Crippen LogP contribution in [-0.2, 0) is 43.2 Å². The van der Waals surface area contributed by atoms with E-state index in [2.05, 4.69) is 0 Å². The maximum Gasteiger partial charge on any atom is 0.416 e. The number of fused-ring (bicyclic) bond motifs is 12. The third-order valence-corrected chi connectivity index (χ3v) is 15.2. The van der Waals surface area contributed by atoms with Gasteiger partial charge in [0.15, 0.2) is 23.3 Å². The lowest BCUT2D eigenvalue weighted by atomic mass is 10.1. The monoisotopic (exact) mass is 1230 g/mol. The van der Waals surface area contributed by atoms with Gasteiger partial charge in [-0.3, -0.25) is 18.3 Å². The van der Waals surface area contributed by atoms with Gasteiger partial charge in [0.2, 0.25) is 0 Å². The van der Waals surface area contributed by atoms with E-state index < -0.39 is 144 Å². The molecule has 6 nitrogen and oxygen atoms in total. The summed E-state index contributed by atoms with van der Waals surface area (Å²) in [7, 11) is 0. The summed E-state index contributed by atoms with van der Waals surface area (Å²) in [4.78, 5) is 9.71. The van der Waals surface area contributed by atoms with Crippen molar-refractivity contribution in [2.45, 2.75) is 50.2 Å². The predicted octanol–water partition coefficient (Wildman–Crippen LogP) is 20.3. The molecule has 0 bridgehead atoms. The van der Waals surface area contributed by atoms with Gasteiger partial charge in [-0.2, -0.15) is 92.2 Å². The number of aryl methyl sites for hydroxylation is 1. The molecule has 0 saturated heterocycles. The molecule has 0 aliphatic heterocycles. The Morgan fingerprint density at radius 1 is 0.218 bits per heavy atom. The quantitative estimate of drug-likeness (QED) is 0.165. The average Bonchev–Trinajstić information content (AvgIpc) is 1.60. The topological polar surface area (TPSA) is 45.5 Å². The van der Waals surface area contributed by atoms with E-state index in [1.807, 2.05) is 0 Å². The molecular weight excluding hydrogens is 1200 g/mol. The molecule has 0 atom stereocenters. The molecule has 27 heteroatoms. The van der Waals surface area contributed by atoms with E-state index in [1.54, 1.807) is 0 Å². The van der Waals surface area contributed by atoms with Gasteiger partial charge in [-0.15, -0.1) is 0 Å². The number of rotatable bonds is 4. The SMILES string of the molecule is Cc1ccc2c3ccc(C(F)(F)F)cc3n(-c3nc(-n4c5cc(C(F)(F)F)ccc5c5ccc(C(F)(F)F)cc54)c(-n4c5cc(C(F)(F)F)ccc5c5ccc(C(F)(F)F)cc54)nc3-n3c4cc(C(F)(F)F)ccc4c4ccc(C(F)(F)F)cc43)c2c1. The molecule has 0 unspecified atom stereocenters. The highest BCUT2D eigenvalue weighted by atomic mass is 19.4. The molecule has 0 amide bonds. The Balaban J connectivity index is 1.37. The number of benzene rings is 8. The van der Waals surface area contributed by atoms with Crippen molar-refractivity contribution in [3.63, 3.8) is 0 Å². The molecule has 0 spiro atoms. The molecule has 0 aliphatic carbocycles. The van der Waals surface area contributed by atoms with E-state index >= 15 is 92.2 Å². The van der Waals surface area contributed by atoms with Crippen LogP contribution in [0.5, 0.6) is 0 Å². The first-order valence-electron chi connectivity index (χ1n) is 25.2. The number of hydrogen-bond donors (Lipinski definition) is 0. The van der Waals surface area contributed by atoms with E-state index in [9.17, 15) is 0 Å². The first-order chi connectivity index (χ1) is 40.5. The van der Waals surface area contributed by atoms with Crippen LogP contribution in [0.15, 0.2) is 146 Å². The minimum atomic E-state index is -5.30. The third-order valence-electron chi connectivity index (χ3n) is 15.2. The highest BCUT2D eigenvalue weighted by Gasteiger charge is 2.40. The Hall–Kier alpha value is -9.43. The lowest BCUT2D eigenvalue weighted by Gasteiger charge is -2.22. The Labute approximate surface area is 470 Å². The second kappa shape index (κ2) is 18.3. The summed E-state index contributed by atoms with van der Waals surface area (Å²) < 4.78 is 318. The summed E-state index contributed by atoms with van der Waals surface area (Å²) >= 11 is 0. The first-order valence-corrected chi connectivity index (χ1v) is 25.2. The fourth-order valence-corrected chi connectivity index (χ4v) is 11.3. The molecule has 0 saturated carbocycles. The fourth-order valence-electron chi connectivity index (χ4n) is 11.3. The summed E-state index contributed by atoms with van der Waals surface area (Å²) in [6, 6.07) is 16.9. The summed E-state index contributed by atoms with van der Waals surface area (Å²) in [6.45, 7) is 1.48. The number of alkyl halides is 21. The molecule has 8 aromatic carbocycles. The number of aromatic nitrogens is 6. The van der Waals surface area contributed by atoms with Gasteiger partial charge in [-0.1, -0.05) is 54.6 Å². The van der Waals surface area contributed by atoms with Crippen molar-refractivity contribution in [3.05, 3.63) is 190 Å². The van der Waals surface area contributed by atoms with Gasteiger partial charge in [-0.25, -0.2) is 9.97 Å². The molecule has 0 aliphatic rings. The molecule has 13 rings (SSSR count). The van der Waals surface area contributed by atoms with Crippen LogP contribution in [0.3, 0.4) is 0 Å². The Kier molecular flexibility index (Phi) is 11.9. The highest BCUT2D eigenvalue weighted by Crippen LogP contribution is 2.48. The first kappa shape index (κ1) is 56.7. The molecule has 13 aromatic rings. The van der Waals surface area contributed by atoms with Crippen LogP contribution >= 0.6 is 0 Å². The second-order valence-corrected chi connectivity index (χ2v) is 20.5. The van der Waals surface area contributed by atoms with Gasteiger partial charge < -0.3 is 0 Å². The van der Waals surface area contributed by atoms with Gasteiger partial charge in [0.25, 0.3) is 0 Å². The Morgan fingerprint density at radius 2 is 0.368 bits per heavy atom. The van der Waals surface area contributed by atoms with E-state index in [0.29, 0.717) is 104 Å². The van der Waals surface area contributed by atoms with Gasteiger partial charge in [0.1, 0.15) is 0 Å². The summed E-state index contributed by atoms with van der Waals surface area (Å²) in [5, 5.41) is -1.97. The fraction of sp³-hybridized carbons (Fsp3) is 0.133. The van der Waals surface area contributed by atoms with Crippen LogP contribution in [0.4, 0.5) is 92.2 Å².